The molecule has 0 aliphatic rings. The van der Waals surface area contributed by atoms with E-state index >= 15 is 0 Å². The smallest absolute Gasteiger partial charge is 0.214 e. The van der Waals surface area contributed by atoms with Crippen molar-refractivity contribution in [3.8, 4) is 5.75 Å². The minimum atomic E-state index is -0.534. The van der Waals surface area contributed by atoms with Crippen LogP contribution in [0.1, 0.15) is 5.56 Å². The number of aromatic hydroxyl groups is 1. The van der Waals surface area contributed by atoms with Crippen LogP contribution in [0.25, 0.3) is 0 Å². The first-order valence-corrected chi connectivity index (χ1v) is 5.79. The standard InChI is InChI=1S/C12H10BrFN2O/c13-9-4-1-3-8(12(9)17)7-15-11-6-2-5-10(14)16-11/h1-6,17H,7H2,(H,15,16). The maximum absolute atomic E-state index is 12.8. The van der Waals surface area contributed by atoms with Crippen LogP contribution in [0.4, 0.5) is 10.2 Å². The maximum Gasteiger partial charge on any atom is 0.214 e. The van der Waals surface area contributed by atoms with Crippen molar-refractivity contribution in [3.05, 3.63) is 52.4 Å². The Morgan fingerprint density at radius 1 is 1.24 bits per heavy atom. The number of nitrogens with one attached hydrogen (secondary N) is 1. The molecule has 0 amide bonds. The summed E-state index contributed by atoms with van der Waals surface area (Å²) < 4.78 is 13.5. The van der Waals surface area contributed by atoms with Crippen molar-refractivity contribution < 1.29 is 9.50 Å². The van der Waals surface area contributed by atoms with E-state index in [9.17, 15) is 9.50 Å². The zero-order chi connectivity index (χ0) is 12.3. The van der Waals surface area contributed by atoms with Gasteiger partial charge in [-0.1, -0.05) is 18.2 Å². The van der Waals surface area contributed by atoms with E-state index in [1.165, 1.54) is 6.07 Å². The lowest BCUT2D eigenvalue weighted by Gasteiger charge is -2.08. The molecular formula is C12H10BrFN2O. The molecule has 3 nitrogen and oxygen atoms in total. The third kappa shape index (κ3) is 2.94. The number of phenolic OH excluding ortho intramolecular Hbond substituents is 1. The number of pyridine rings is 1. The highest BCUT2D eigenvalue weighted by atomic mass is 79.9. The van der Waals surface area contributed by atoms with Gasteiger partial charge in [0.05, 0.1) is 4.47 Å². The van der Waals surface area contributed by atoms with Crippen molar-refractivity contribution in [1.29, 1.82) is 0 Å². The van der Waals surface area contributed by atoms with Crippen LogP contribution < -0.4 is 5.32 Å². The Morgan fingerprint density at radius 2 is 2.00 bits per heavy atom. The van der Waals surface area contributed by atoms with Gasteiger partial charge in [-0.25, -0.2) is 4.98 Å². The molecule has 1 aromatic carbocycles. The number of hydrogen-bond acceptors (Lipinski definition) is 3. The number of halogens is 2. The minimum absolute atomic E-state index is 0.177. The summed E-state index contributed by atoms with van der Waals surface area (Å²) in [4.78, 5) is 3.67. The van der Waals surface area contributed by atoms with E-state index in [0.717, 1.165) is 0 Å². The van der Waals surface area contributed by atoms with Crippen LogP contribution in [0, 0.1) is 5.95 Å². The first kappa shape index (κ1) is 11.9. The number of aromatic nitrogens is 1. The molecule has 0 saturated carbocycles. The molecule has 1 aromatic heterocycles. The number of phenols is 1. The zero-order valence-electron chi connectivity index (χ0n) is 8.82. The lowest BCUT2D eigenvalue weighted by Crippen LogP contribution is -2.02. The normalized spacial score (nSPS) is 10.2. The van der Waals surface area contributed by atoms with Gasteiger partial charge in [0.15, 0.2) is 0 Å². The summed E-state index contributed by atoms with van der Waals surface area (Å²) in [5.74, 6) is 0.0780. The Hall–Kier alpha value is -1.62. The van der Waals surface area contributed by atoms with Crippen molar-refractivity contribution in [1.82, 2.24) is 4.98 Å². The molecule has 0 radical (unpaired) electrons. The molecule has 0 saturated heterocycles. The van der Waals surface area contributed by atoms with Crippen LogP contribution in [0.5, 0.6) is 5.75 Å². The molecule has 0 aliphatic carbocycles. The average molecular weight is 297 g/mol. The number of para-hydroxylation sites is 1. The van der Waals surface area contributed by atoms with Crippen LogP contribution in [0.15, 0.2) is 40.9 Å². The number of anilines is 1. The van der Waals surface area contributed by atoms with E-state index in [4.69, 9.17) is 0 Å². The molecule has 0 bridgehead atoms. The highest BCUT2D eigenvalue weighted by molar-refractivity contribution is 9.10. The molecule has 88 valence electrons. The number of nitrogens with zero attached hydrogens (tertiary/aromatic N) is 1. The second-order valence-corrected chi connectivity index (χ2v) is 4.30. The number of benzene rings is 1. The van der Waals surface area contributed by atoms with Crippen molar-refractivity contribution >= 4 is 21.7 Å². The fourth-order valence-electron chi connectivity index (χ4n) is 1.40. The fourth-order valence-corrected chi connectivity index (χ4v) is 1.80. The molecule has 2 N–H and O–H groups in total. The summed E-state index contributed by atoms with van der Waals surface area (Å²) in [7, 11) is 0. The quantitative estimate of drug-likeness (QED) is 0.854. The first-order valence-electron chi connectivity index (χ1n) is 4.99. The van der Waals surface area contributed by atoms with Crippen molar-refractivity contribution in [2.45, 2.75) is 6.54 Å². The number of rotatable bonds is 3. The molecule has 17 heavy (non-hydrogen) atoms. The Balaban J connectivity index is 2.10. The van der Waals surface area contributed by atoms with Gasteiger partial charge in [0.25, 0.3) is 0 Å². The van der Waals surface area contributed by atoms with Gasteiger partial charge >= 0.3 is 0 Å². The topological polar surface area (TPSA) is 45.1 Å². The van der Waals surface area contributed by atoms with Gasteiger partial charge in [0, 0.05) is 12.1 Å². The number of hydrogen-bond donors (Lipinski definition) is 2. The monoisotopic (exact) mass is 296 g/mol. The highest BCUT2D eigenvalue weighted by Crippen LogP contribution is 2.27. The summed E-state index contributed by atoms with van der Waals surface area (Å²) in [6, 6.07) is 9.87. The largest absolute Gasteiger partial charge is 0.506 e. The minimum Gasteiger partial charge on any atom is -0.506 e. The first-order chi connectivity index (χ1) is 8.16. The van der Waals surface area contributed by atoms with Crippen LogP contribution in [-0.2, 0) is 6.54 Å². The summed E-state index contributed by atoms with van der Waals surface area (Å²) in [5.41, 5.74) is 0.713. The fraction of sp³-hybridized carbons (Fsp3) is 0.0833. The van der Waals surface area contributed by atoms with Crippen LogP contribution in [0.2, 0.25) is 0 Å². The Morgan fingerprint density at radius 3 is 2.76 bits per heavy atom. The van der Waals surface area contributed by atoms with Crippen LogP contribution in [-0.4, -0.2) is 10.1 Å². The molecule has 2 aromatic rings. The van der Waals surface area contributed by atoms with Gasteiger partial charge in [0.1, 0.15) is 11.6 Å². The van der Waals surface area contributed by atoms with Crippen molar-refractivity contribution in [2.75, 3.05) is 5.32 Å². The third-order valence-electron chi connectivity index (χ3n) is 2.25. The third-order valence-corrected chi connectivity index (χ3v) is 2.89. The second-order valence-electron chi connectivity index (χ2n) is 3.45. The lowest BCUT2D eigenvalue weighted by molar-refractivity contribution is 0.465. The highest BCUT2D eigenvalue weighted by Gasteiger charge is 2.04. The SMILES string of the molecule is Oc1c(Br)cccc1CNc1cccc(F)n1. The van der Waals surface area contributed by atoms with Gasteiger partial charge in [0.2, 0.25) is 5.95 Å². The molecule has 0 fully saturated rings. The van der Waals surface area contributed by atoms with E-state index in [0.29, 0.717) is 22.4 Å². The van der Waals surface area contributed by atoms with E-state index in [2.05, 4.69) is 26.2 Å². The molecule has 5 heteroatoms. The Kier molecular flexibility index (Phi) is 3.58. The summed E-state index contributed by atoms with van der Waals surface area (Å²) in [6.45, 7) is 0.377. The molecule has 0 atom stereocenters. The van der Waals surface area contributed by atoms with Gasteiger partial charge in [-0.2, -0.15) is 4.39 Å². The van der Waals surface area contributed by atoms with E-state index in [-0.39, 0.29) is 5.75 Å². The average Bonchev–Trinajstić information content (AvgIpc) is 2.31. The molecule has 0 aliphatic heterocycles. The predicted molar refractivity (Wildman–Crippen MR) is 67.3 cm³/mol. The van der Waals surface area contributed by atoms with Gasteiger partial charge < -0.3 is 10.4 Å². The molecule has 0 spiro atoms. The van der Waals surface area contributed by atoms with Gasteiger partial charge in [-0.3, -0.25) is 0 Å². The lowest BCUT2D eigenvalue weighted by atomic mass is 10.2. The zero-order valence-corrected chi connectivity index (χ0v) is 10.4. The van der Waals surface area contributed by atoms with Crippen molar-refractivity contribution in [3.63, 3.8) is 0 Å². The second kappa shape index (κ2) is 5.14. The Bertz CT molecular complexity index is 534. The molecule has 1 heterocycles. The van der Waals surface area contributed by atoms with Crippen LogP contribution in [0.3, 0.4) is 0 Å². The van der Waals surface area contributed by atoms with E-state index in [1.54, 1.807) is 24.3 Å². The molecular weight excluding hydrogens is 287 g/mol. The van der Waals surface area contributed by atoms with E-state index < -0.39 is 5.95 Å². The molecule has 0 unspecified atom stereocenters. The summed E-state index contributed by atoms with van der Waals surface area (Å²) >= 11 is 3.23. The molecule has 2 rings (SSSR count). The maximum atomic E-state index is 12.8. The van der Waals surface area contributed by atoms with E-state index in [1.807, 2.05) is 6.07 Å². The van der Waals surface area contributed by atoms with Crippen molar-refractivity contribution in [2.24, 2.45) is 0 Å². The van der Waals surface area contributed by atoms with Gasteiger partial charge in [-0.05, 0) is 34.1 Å². The summed E-state index contributed by atoms with van der Waals surface area (Å²) in [5, 5.41) is 12.7. The van der Waals surface area contributed by atoms with Crippen LogP contribution >= 0.6 is 15.9 Å². The Labute approximate surface area is 106 Å². The summed E-state index contributed by atoms with van der Waals surface area (Å²) in [6.07, 6.45) is 0. The van der Waals surface area contributed by atoms with Gasteiger partial charge in [-0.15, -0.1) is 0 Å². The predicted octanol–water partition coefficient (Wildman–Crippen LogP) is 3.30.